The van der Waals surface area contributed by atoms with Crippen molar-refractivity contribution < 1.29 is 13.7 Å². The topological polar surface area (TPSA) is 72.4 Å². The Hall–Kier alpha value is -2.60. The third-order valence-corrected chi connectivity index (χ3v) is 4.88. The molecular formula is C19H18ClN3O3. The maximum Gasteiger partial charge on any atom is 0.290 e. The average Bonchev–Trinajstić information content (AvgIpc) is 3.40. The fraction of sp³-hybridized carbons (Fsp3) is 0.316. The Morgan fingerprint density at radius 1 is 1.31 bits per heavy atom. The maximum atomic E-state index is 12.9. The van der Waals surface area contributed by atoms with Gasteiger partial charge in [-0.25, -0.2) is 0 Å². The van der Waals surface area contributed by atoms with Crippen molar-refractivity contribution >= 4 is 17.5 Å². The van der Waals surface area contributed by atoms with E-state index >= 15 is 0 Å². The molecule has 0 saturated carbocycles. The Morgan fingerprint density at radius 3 is 2.92 bits per heavy atom. The summed E-state index contributed by atoms with van der Waals surface area (Å²) in [6.45, 7) is 2.60. The summed E-state index contributed by atoms with van der Waals surface area (Å²) < 4.78 is 11.1. The van der Waals surface area contributed by atoms with Crippen LogP contribution in [0.3, 0.4) is 0 Å². The largest absolute Gasteiger partial charge is 0.451 e. The molecule has 0 radical (unpaired) electrons. The zero-order chi connectivity index (χ0) is 18.1. The molecule has 1 atom stereocenters. The molecule has 2 aromatic heterocycles. The number of halogens is 1. The molecule has 0 N–H and O–H groups in total. The predicted molar refractivity (Wildman–Crippen MR) is 95.8 cm³/mol. The van der Waals surface area contributed by atoms with Crippen LogP contribution >= 0.6 is 11.6 Å². The molecule has 1 amide bonds. The zero-order valence-electron chi connectivity index (χ0n) is 14.3. The molecule has 0 spiro atoms. The van der Waals surface area contributed by atoms with Crippen molar-refractivity contribution in [2.45, 2.75) is 32.2 Å². The minimum Gasteiger partial charge on any atom is -0.451 e. The number of amides is 1. The molecule has 26 heavy (non-hydrogen) atoms. The molecule has 1 fully saturated rings. The van der Waals surface area contributed by atoms with E-state index in [0.29, 0.717) is 35.5 Å². The first-order valence-corrected chi connectivity index (χ1v) is 9.03. The Labute approximate surface area is 155 Å². The average molecular weight is 372 g/mol. The van der Waals surface area contributed by atoms with E-state index < -0.39 is 0 Å². The third-order valence-electron chi connectivity index (χ3n) is 4.55. The van der Waals surface area contributed by atoms with Crippen molar-refractivity contribution in [1.29, 1.82) is 0 Å². The summed E-state index contributed by atoms with van der Waals surface area (Å²) in [7, 11) is 0. The highest BCUT2D eigenvalue weighted by molar-refractivity contribution is 6.33. The van der Waals surface area contributed by atoms with Gasteiger partial charge in [0.05, 0.1) is 5.02 Å². The van der Waals surface area contributed by atoms with E-state index in [0.717, 1.165) is 18.4 Å². The molecule has 4 rings (SSSR count). The fourth-order valence-corrected chi connectivity index (χ4v) is 3.44. The van der Waals surface area contributed by atoms with Gasteiger partial charge in [0.25, 0.3) is 5.91 Å². The second-order valence-corrected chi connectivity index (χ2v) is 6.61. The van der Waals surface area contributed by atoms with Crippen LogP contribution in [0, 0.1) is 0 Å². The van der Waals surface area contributed by atoms with Gasteiger partial charge in [-0.3, -0.25) is 4.79 Å². The van der Waals surface area contributed by atoms with Crippen molar-refractivity contribution in [3.63, 3.8) is 0 Å². The lowest BCUT2D eigenvalue weighted by atomic mass is 10.2. The molecule has 134 valence electrons. The highest BCUT2D eigenvalue weighted by Crippen LogP contribution is 2.34. The van der Waals surface area contributed by atoms with Crippen LogP contribution in [0.1, 0.15) is 48.1 Å². The van der Waals surface area contributed by atoms with Gasteiger partial charge >= 0.3 is 0 Å². The van der Waals surface area contributed by atoms with Crippen LogP contribution in [-0.4, -0.2) is 27.5 Å². The smallest absolute Gasteiger partial charge is 0.290 e. The highest BCUT2D eigenvalue weighted by atomic mass is 35.5. The Kier molecular flexibility index (Phi) is 4.51. The van der Waals surface area contributed by atoms with Crippen LogP contribution in [0.25, 0.3) is 11.3 Å². The number of benzene rings is 1. The zero-order valence-corrected chi connectivity index (χ0v) is 15.1. The minimum atomic E-state index is -0.204. The minimum absolute atomic E-state index is 0.179. The normalized spacial score (nSPS) is 17.0. The molecule has 1 saturated heterocycles. The summed E-state index contributed by atoms with van der Waals surface area (Å²) >= 11 is 6.21. The van der Waals surface area contributed by atoms with Crippen molar-refractivity contribution in [3.05, 3.63) is 58.9 Å². The maximum absolute atomic E-state index is 12.9. The molecule has 1 aliphatic heterocycles. The molecule has 0 bridgehead atoms. The van der Waals surface area contributed by atoms with Gasteiger partial charge in [-0.1, -0.05) is 35.8 Å². The van der Waals surface area contributed by atoms with E-state index in [1.54, 1.807) is 23.1 Å². The summed E-state index contributed by atoms with van der Waals surface area (Å²) in [6.07, 6.45) is 2.39. The summed E-state index contributed by atoms with van der Waals surface area (Å²) in [5, 5.41) is 4.52. The number of aryl methyl sites for hydroxylation is 1. The van der Waals surface area contributed by atoms with E-state index in [9.17, 15) is 4.79 Å². The highest BCUT2D eigenvalue weighted by Gasteiger charge is 2.35. The van der Waals surface area contributed by atoms with Gasteiger partial charge in [-0.05, 0) is 37.1 Å². The van der Waals surface area contributed by atoms with Crippen LogP contribution in [-0.2, 0) is 6.42 Å². The summed E-state index contributed by atoms with van der Waals surface area (Å²) in [6, 6.07) is 10.6. The lowest BCUT2D eigenvalue weighted by Gasteiger charge is -2.20. The number of furan rings is 1. The number of carbonyl (C=O) groups excluding carboxylic acids is 1. The van der Waals surface area contributed by atoms with Gasteiger partial charge in [-0.15, -0.1) is 0 Å². The van der Waals surface area contributed by atoms with Crippen LogP contribution in [0.4, 0.5) is 0 Å². The summed E-state index contributed by atoms with van der Waals surface area (Å²) in [5.41, 5.74) is 0.760. The van der Waals surface area contributed by atoms with Crippen molar-refractivity contribution in [3.8, 4) is 11.3 Å². The van der Waals surface area contributed by atoms with E-state index in [2.05, 4.69) is 10.1 Å². The van der Waals surface area contributed by atoms with Crippen molar-refractivity contribution in [1.82, 2.24) is 15.0 Å². The number of likely N-dealkylation sites (tertiary alicyclic amines) is 1. The quantitative estimate of drug-likeness (QED) is 0.674. The standard InChI is InChI=1S/C19H18ClN3O3/c1-2-17-21-18(26-22-17)14-8-5-11-23(14)19(24)16-10-9-15(25-16)12-6-3-4-7-13(12)20/h3-4,6-7,9-10,14H,2,5,8,11H2,1H3. The van der Waals surface area contributed by atoms with Crippen LogP contribution in [0.15, 0.2) is 45.3 Å². The molecule has 3 heterocycles. The first kappa shape index (κ1) is 16.8. The van der Waals surface area contributed by atoms with E-state index in [1.807, 2.05) is 25.1 Å². The molecule has 1 unspecified atom stereocenters. The molecule has 0 aliphatic carbocycles. The lowest BCUT2D eigenvalue weighted by Crippen LogP contribution is -2.30. The van der Waals surface area contributed by atoms with Gasteiger partial charge < -0.3 is 13.8 Å². The number of aromatic nitrogens is 2. The molecule has 7 heteroatoms. The molecule has 6 nitrogen and oxygen atoms in total. The second kappa shape index (κ2) is 6.96. The lowest BCUT2D eigenvalue weighted by molar-refractivity contribution is 0.0679. The summed E-state index contributed by atoms with van der Waals surface area (Å²) in [4.78, 5) is 19.1. The molecule has 1 aliphatic rings. The third kappa shape index (κ3) is 3.01. The van der Waals surface area contributed by atoms with E-state index in [-0.39, 0.29) is 17.7 Å². The first-order chi connectivity index (χ1) is 12.7. The van der Waals surface area contributed by atoms with Crippen LogP contribution in [0.5, 0.6) is 0 Å². The first-order valence-electron chi connectivity index (χ1n) is 8.65. The van der Waals surface area contributed by atoms with Crippen molar-refractivity contribution in [2.24, 2.45) is 0 Å². The second-order valence-electron chi connectivity index (χ2n) is 6.20. The fourth-order valence-electron chi connectivity index (χ4n) is 3.21. The number of hydrogen-bond acceptors (Lipinski definition) is 5. The van der Waals surface area contributed by atoms with Gasteiger partial charge in [0.1, 0.15) is 11.8 Å². The summed E-state index contributed by atoms with van der Waals surface area (Å²) in [5.74, 6) is 1.81. The van der Waals surface area contributed by atoms with Gasteiger partial charge in [0, 0.05) is 18.5 Å². The number of hydrogen-bond donors (Lipinski definition) is 0. The predicted octanol–water partition coefficient (Wildman–Crippen LogP) is 4.52. The molecular weight excluding hydrogens is 354 g/mol. The molecule has 1 aromatic carbocycles. The number of rotatable bonds is 4. The molecule has 3 aromatic rings. The van der Waals surface area contributed by atoms with Crippen molar-refractivity contribution in [2.75, 3.05) is 6.54 Å². The number of carbonyl (C=O) groups is 1. The Balaban J connectivity index is 1.58. The van der Waals surface area contributed by atoms with E-state index in [4.69, 9.17) is 20.5 Å². The van der Waals surface area contributed by atoms with Gasteiger partial charge in [0.15, 0.2) is 11.6 Å². The van der Waals surface area contributed by atoms with Crippen LogP contribution < -0.4 is 0 Å². The van der Waals surface area contributed by atoms with Crippen LogP contribution in [0.2, 0.25) is 5.02 Å². The SMILES string of the molecule is CCc1noc(C2CCCN2C(=O)c2ccc(-c3ccccc3Cl)o2)n1. The number of nitrogens with zero attached hydrogens (tertiary/aromatic N) is 3. The monoisotopic (exact) mass is 371 g/mol. The Morgan fingerprint density at radius 2 is 2.15 bits per heavy atom. The van der Waals surface area contributed by atoms with E-state index in [1.165, 1.54) is 0 Å². The van der Waals surface area contributed by atoms with Gasteiger partial charge in [-0.2, -0.15) is 4.98 Å². The Bertz CT molecular complexity index is 934. The van der Waals surface area contributed by atoms with Gasteiger partial charge in [0.2, 0.25) is 5.89 Å².